The monoisotopic (exact) mass is 889 g/mol. The number of carbonyl (C=O) groups excluding carboxylic acids is 2. The first-order valence-corrected chi connectivity index (χ1v) is 27.1. The van der Waals surface area contributed by atoms with E-state index in [2.05, 4.69) is 26.0 Å². The average molecular weight is 889 g/mol. The number of phosphoric ester groups is 1. The highest BCUT2D eigenvalue weighted by atomic mass is 31.2. The molecule has 3 unspecified atom stereocenters. The van der Waals surface area contributed by atoms with Gasteiger partial charge in [-0.25, -0.2) is 4.57 Å². The normalized spacial score (nSPS) is 13.7. The molecule has 0 aromatic carbocycles. The Kier molecular flexibility index (Phi) is 45.7. The van der Waals surface area contributed by atoms with E-state index in [9.17, 15) is 29.3 Å². The van der Waals surface area contributed by atoms with Crippen molar-refractivity contribution < 1.29 is 47.8 Å². The second kappa shape index (κ2) is 46.7. The van der Waals surface area contributed by atoms with Crippen molar-refractivity contribution in [1.29, 1.82) is 0 Å². The maximum absolute atomic E-state index is 12.4. The number of carbonyl (C=O) groups is 2. The summed E-state index contributed by atoms with van der Waals surface area (Å²) in [5.41, 5.74) is 0. The molecule has 3 N–H and O–H groups in total. The van der Waals surface area contributed by atoms with Gasteiger partial charge >= 0.3 is 19.8 Å². The van der Waals surface area contributed by atoms with Gasteiger partial charge in [0.2, 0.25) is 0 Å². The number of hydrogen-bond donors (Lipinski definition) is 3. The maximum Gasteiger partial charge on any atom is 0.472 e. The van der Waals surface area contributed by atoms with E-state index in [-0.39, 0.29) is 12.8 Å². The first kappa shape index (κ1) is 59.7. The minimum atomic E-state index is -4.64. The molecule has 362 valence electrons. The maximum atomic E-state index is 12.4. The predicted molar refractivity (Wildman–Crippen MR) is 252 cm³/mol. The summed E-state index contributed by atoms with van der Waals surface area (Å²) in [6.45, 7) is 2.25. The third kappa shape index (κ3) is 45.1. The smallest absolute Gasteiger partial charge is 0.457 e. The number of ether oxygens (including phenoxy) is 2. The zero-order valence-corrected chi connectivity index (χ0v) is 40.5. The number of esters is 2. The number of unbranched alkanes of at least 4 members (excludes halogenated alkanes) is 33. The van der Waals surface area contributed by atoms with E-state index in [1.165, 1.54) is 161 Å². The van der Waals surface area contributed by atoms with Crippen molar-refractivity contribution in [2.24, 2.45) is 0 Å². The highest BCUT2D eigenvalue weighted by Crippen LogP contribution is 2.43. The van der Waals surface area contributed by atoms with Crippen molar-refractivity contribution in [3.05, 3.63) is 12.2 Å². The molecular weight excluding hydrogens is 792 g/mol. The van der Waals surface area contributed by atoms with Crippen LogP contribution in [0.15, 0.2) is 12.2 Å². The lowest BCUT2D eigenvalue weighted by Gasteiger charge is -2.20. The predicted octanol–water partition coefficient (Wildman–Crippen LogP) is 14.3. The van der Waals surface area contributed by atoms with Gasteiger partial charge in [0, 0.05) is 12.8 Å². The van der Waals surface area contributed by atoms with E-state index in [0.717, 1.165) is 57.8 Å². The molecule has 0 spiro atoms. The van der Waals surface area contributed by atoms with Crippen molar-refractivity contribution >= 4 is 19.8 Å². The van der Waals surface area contributed by atoms with Gasteiger partial charge in [-0.15, -0.1) is 0 Å². The van der Waals surface area contributed by atoms with Crippen molar-refractivity contribution in [2.45, 2.75) is 270 Å². The minimum absolute atomic E-state index is 0.186. The molecule has 0 saturated carbocycles. The number of aliphatic hydroxyl groups is 2. The molecule has 0 saturated heterocycles. The van der Waals surface area contributed by atoms with Crippen LogP contribution in [0.5, 0.6) is 0 Å². The molecule has 0 rings (SSSR count). The molecule has 0 aliphatic carbocycles. The van der Waals surface area contributed by atoms with Crippen molar-refractivity contribution in [2.75, 3.05) is 26.4 Å². The molecule has 3 atom stereocenters. The minimum Gasteiger partial charge on any atom is -0.457 e. The lowest BCUT2D eigenvalue weighted by Crippen LogP contribution is -2.28. The Balaban J connectivity index is 3.79. The van der Waals surface area contributed by atoms with Crippen LogP contribution < -0.4 is 0 Å². The van der Waals surface area contributed by atoms with Crippen molar-refractivity contribution in [3.8, 4) is 0 Å². The fourth-order valence-electron chi connectivity index (χ4n) is 7.52. The van der Waals surface area contributed by atoms with Gasteiger partial charge < -0.3 is 24.6 Å². The van der Waals surface area contributed by atoms with E-state index in [0.29, 0.717) is 12.8 Å². The summed E-state index contributed by atoms with van der Waals surface area (Å²) in [5, 5.41) is 19.2. The highest BCUT2D eigenvalue weighted by Gasteiger charge is 2.27. The summed E-state index contributed by atoms with van der Waals surface area (Å²) >= 11 is 0. The quantitative estimate of drug-likeness (QED) is 0.0233. The first-order chi connectivity index (χ1) is 29.8. The SMILES string of the molecule is CCCCCCCC/C=C\CCCCCCCC(=O)OC(CO)COP(=O)(O)OCC(CO)OC(=O)CCCCCCCCCCCCCCCCCCCCCCCCC. The molecule has 0 amide bonds. The second-order valence-electron chi connectivity index (χ2n) is 17.5. The van der Waals surface area contributed by atoms with Crippen molar-refractivity contribution in [1.82, 2.24) is 0 Å². The van der Waals surface area contributed by atoms with E-state index >= 15 is 0 Å². The summed E-state index contributed by atoms with van der Waals surface area (Å²) < 4.78 is 32.7. The molecule has 0 aliphatic rings. The number of allylic oxidation sites excluding steroid dienone is 2. The Morgan fingerprint density at radius 2 is 0.672 bits per heavy atom. The molecule has 0 aromatic rings. The third-order valence-electron chi connectivity index (χ3n) is 11.5. The number of hydrogen-bond acceptors (Lipinski definition) is 9. The van der Waals surface area contributed by atoms with Gasteiger partial charge in [0.15, 0.2) is 0 Å². The van der Waals surface area contributed by atoms with E-state index in [1.807, 2.05) is 0 Å². The van der Waals surface area contributed by atoms with Crippen LogP contribution in [0.2, 0.25) is 0 Å². The molecule has 0 fully saturated rings. The van der Waals surface area contributed by atoms with Gasteiger partial charge in [-0.05, 0) is 38.5 Å². The van der Waals surface area contributed by atoms with Crippen LogP contribution in [-0.4, -0.2) is 65.7 Å². The molecule has 0 aliphatic heterocycles. The summed E-state index contributed by atoms with van der Waals surface area (Å²) in [6.07, 6.45) is 47.6. The summed E-state index contributed by atoms with van der Waals surface area (Å²) in [7, 11) is -4.64. The van der Waals surface area contributed by atoms with Gasteiger partial charge in [0.1, 0.15) is 12.2 Å². The summed E-state index contributed by atoms with van der Waals surface area (Å²) in [4.78, 5) is 34.6. The lowest BCUT2D eigenvalue weighted by molar-refractivity contribution is -0.153. The van der Waals surface area contributed by atoms with Crippen LogP contribution in [0.1, 0.15) is 258 Å². The lowest BCUT2D eigenvalue weighted by atomic mass is 10.0. The van der Waals surface area contributed by atoms with Gasteiger partial charge in [0.25, 0.3) is 0 Å². The standard InChI is InChI=1S/C50H97O10P/c1-3-5-7-9-11-13-15-17-19-20-21-22-23-24-25-26-28-30-32-34-36-38-40-42-50(54)60-48(44-52)46-58-61(55,56)57-45-47(43-51)59-49(53)41-39-37-35-33-31-29-27-18-16-14-12-10-8-6-4-2/h18,27,47-48,51-52H,3-17,19-26,28-46H2,1-2H3,(H,55,56)/b27-18-. The molecule has 0 bridgehead atoms. The van der Waals surface area contributed by atoms with Gasteiger partial charge in [0.05, 0.1) is 26.4 Å². The van der Waals surface area contributed by atoms with Gasteiger partial charge in [-0.2, -0.15) is 0 Å². The zero-order valence-electron chi connectivity index (χ0n) is 39.7. The van der Waals surface area contributed by atoms with Crippen LogP contribution in [0.25, 0.3) is 0 Å². The Hall–Kier alpha value is -1.29. The average Bonchev–Trinajstić information content (AvgIpc) is 3.25. The number of rotatable bonds is 49. The first-order valence-electron chi connectivity index (χ1n) is 25.6. The van der Waals surface area contributed by atoms with Crippen molar-refractivity contribution in [3.63, 3.8) is 0 Å². The topological polar surface area (TPSA) is 149 Å². The molecule has 11 heteroatoms. The Labute approximate surface area is 375 Å². The molecule has 0 heterocycles. The Bertz CT molecular complexity index is 1020. The molecular formula is C50H97O10P. The molecule has 61 heavy (non-hydrogen) atoms. The number of phosphoric acid groups is 1. The zero-order chi connectivity index (χ0) is 44.8. The largest absolute Gasteiger partial charge is 0.472 e. The second-order valence-corrected chi connectivity index (χ2v) is 19.0. The third-order valence-corrected chi connectivity index (χ3v) is 12.4. The Morgan fingerprint density at radius 3 is 0.934 bits per heavy atom. The van der Waals surface area contributed by atoms with Crippen LogP contribution >= 0.6 is 7.82 Å². The molecule has 0 aromatic heterocycles. The number of aliphatic hydroxyl groups excluding tert-OH is 2. The van der Waals surface area contributed by atoms with E-state index in [4.69, 9.17) is 18.5 Å². The van der Waals surface area contributed by atoms with Crippen LogP contribution in [0.4, 0.5) is 0 Å². The Morgan fingerprint density at radius 1 is 0.426 bits per heavy atom. The molecule has 10 nitrogen and oxygen atoms in total. The summed E-state index contributed by atoms with van der Waals surface area (Å²) in [6, 6.07) is 0. The molecule has 0 radical (unpaired) electrons. The van der Waals surface area contributed by atoms with Gasteiger partial charge in [-0.1, -0.05) is 219 Å². The van der Waals surface area contributed by atoms with E-state index in [1.54, 1.807) is 0 Å². The fraction of sp³-hybridized carbons (Fsp3) is 0.920. The van der Waals surface area contributed by atoms with Crippen LogP contribution in [0, 0.1) is 0 Å². The van der Waals surface area contributed by atoms with E-state index < -0.39 is 58.4 Å². The van der Waals surface area contributed by atoms with Crippen LogP contribution in [0.3, 0.4) is 0 Å². The van der Waals surface area contributed by atoms with Gasteiger partial charge in [-0.3, -0.25) is 18.6 Å². The fourth-order valence-corrected chi connectivity index (χ4v) is 8.31. The summed E-state index contributed by atoms with van der Waals surface area (Å²) in [5.74, 6) is -1.01. The highest BCUT2D eigenvalue weighted by molar-refractivity contribution is 7.47. The van der Waals surface area contributed by atoms with Crippen LogP contribution in [-0.2, 0) is 32.7 Å².